The minimum atomic E-state index is -0.681. The van der Waals surface area contributed by atoms with Crippen LogP contribution in [0.3, 0.4) is 0 Å². The van der Waals surface area contributed by atoms with Crippen LogP contribution in [-0.2, 0) is 6.54 Å². The van der Waals surface area contributed by atoms with Crippen LogP contribution in [0.2, 0.25) is 0 Å². The maximum absolute atomic E-state index is 13.7. The normalized spacial score (nSPS) is 10.4. The quantitative estimate of drug-likeness (QED) is 0.746. The molecule has 19 heavy (non-hydrogen) atoms. The predicted octanol–water partition coefficient (Wildman–Crippen LogP) is 2.94. The summed E-state index contributed by atoms with van der Waals surface area (Å²) in [5.41, 5.74) is 11.0. The fourth-order valence-corrected chi connectivity index (χ4v) is 2.99. The summed E-state index contributed by atoms with van der Waals surface area (Å²) in [5.74, 6) is -1.20. The van der Waals surface area contributed by atoms with Gasteiger partial charge in [0.1, 0.15) is 5.82 Å². The second-order valence-corrected chi connectivity index (χ2v) is 6.39. The number of carbonyl (C=O) groups is 1. The van der Waals surface area contributed by atoms with E-state index in [1.165, 1.54) is 6.07 Å². The lowest BCUT2D eigenvalue weighted by molar-refractivity contribution is 0.100. The zero-order valence-electron chi connectivity index (χ0n) is 9.74. The summed E-state index contributed by atoms with van der Waals surface area (Å²) in [6, 6.07) is 6.25. The van der Waals surface area contributed by atoms with Gasteiger partial charge in [0.05, 0.1) is 15.0 Å². The largest absolute Gasteiger partial charge is 0.398 e. The molecule has 0 aliphatic rings. The Labute approximate surface area is 121 Å². The molecule has 4 nitrogen and oxygen atoms in total. The molecule has 100 valence electrons. The number of amides is 1. The van der Waals surface area contributed by atoms with E-state index in [0.717, 1.165) is 14.7 Å². The van der Waals surface area contributed by atoms with Gasteiger partial charge in [-0.1, -0.05) is 0 Å². The molecule has 0 bridgehead atoms. The molecule has 7 heteroatoms. The van der Waals surface area contributed by atoms with E-state index >= 15 is 0 Å². The van der Waals surface area contributed by atoms with Crippen LogP contribution >= 0.6 is 27.3 Å². The van der Waals surface area contributed by atoms with Crippen LogP contribution in [0, 0.1) is 5.82 Å². The molecule has 0 spiro atoms. The molecule has 0 saturated carbocycles. The maximum Gasteiger partial charge on any atom is 0.250 e. The molecule has 2 aromatic rings. The smallest absolute Gasteiger partial charge is 0.250 e. The Balaban J connectivity index is 2.20. The molecule has 1 amide bonds. The Morgan fingerprint density at radius 3 is 2.74 bits per heavy atom. The van der Waals surface area contributed by atoms with Gasteiger partial charge < -0.3 is 16.8 Å². The zero-order valence-corrected chi connectivity index (χ0v) is 12.1. The second-order valence-electron chi connectivity index (χ2n) is 3.84. The van der Waals surface area contributed by atoms with E-state index in [1.807, 2.05) is 12.1 Å². The summed E-state index contributed by atoms with van der Waals surface area (Å²) in [6.45, 7) is 0.454. The Morgan fingerprint density at radius 1 is 1.42 bits per heavy atom. The number of nitrogen functional groups attached to an aromatic ring is 1. The fraction of sp³-hybridized carbons (Fsp3) is 0.0833. The van der Waals surface area contributed by atoms with E-state index in [1.54, 1.807) is 11.3 Å². The van der Waals surface area contributed by atoms with Crippen molar-refractivity contribution >= 4 is 44.5 Å². The zero-order chi connectivity index (χ0) is 14.0. The van der Waals surface area contributed by atoms with E-state index in [0.29, 0.717) is 6.54 Å². The minimum Gasteiger partial charge on any atom is -0.398 e. The van der Waals surface area contributed by atoms with Gasteiger partial charge in [0.2, 0.25) is 0 Å². The molecule has 0 aliphatic carbocycles. The minimum absolute atomic E-state index is 0.0365. The van der Waals surface area contributed by atoms with Crippen molar-refractivity contribution in [2.75, 3.05) is 11.1 Å². The standard InChI is InChI=1S/C12H11BrFN3OS/c13-11-2-1-6(19-11)5-17-10-3-7(12(16)18)9(15)4-8(10)14/h1-4,17H,5,15H2,(H2,16,18). The molecule has 0 saturated heterocycles. The summed E-state index contributed by atoms with van der Waals surface area (Å²) >= 11 is 4.89. The third-order valence-electron chi connectivity index (χ3n) is 2.49. The fourth-order valence-electron chi connectivity index (χ4n) is 1.57. The first-order valence-corrected chi connectivity index (χ1v) is 6.95. The first kappa shape index (κ1) is 13.8. The van der Waals surface area contributed by atoms with Gasteiger partial charge >= 0.3 is 0 Å². The lowest BCUT2D eigenvalue weighted by atomic mass is 10.1. The molecule has 0 atom stereocenters. The topological polar surface area (TPSA) is 81.1 Å². The molecular weight excluding hydrogens is 333 g/mol. The highest BCUT2D eigenvalue weighted by molar-refractivity contribution is 9.11. The molecular formula is C12H11BrFN3OS. The first-order valence-electron chi connectivity index (χ1n) is 5.34. The van der Waals surface area contributed by atoms with Crippen molar-refractivity contribution in [3.05, 3.63) is 44.3 Å². The van der Waals surface area contributed by atoms with E-state index in [9.17, 15) is 9.18 Å². The van der Waals surface area contributed by atoms with E-state index in [2.05, 4.69) is 21.2 Å². The number of primary amides is 1. The van der Waals surface area contributed by atoms with Gasteiger partial charge in [-0.05, 0) is 40.2 Å². The summed E-state index contributed by atoms with van der Waals surface area (Å²) in [7, 11) is 0. The molecule has 5 N–H and O–H groups in total. The summed E-state index contributed by atoms with van der Waals surface area (Å²) < 4.78 is 14.7. The summed E-state index contributed by atoms with van der Waals surface area (Å²) in [5, 5.41) is 2.92. The maximum atomic E-state index is 13.7. The number of nitrogens with one attached hydrogen (secondary N) is 1. The van der Waals surface area contributed by atoms with Gasteiger partial charge in [-0.15, -0.1) is 11.3 Å². The number of nitrogens with two attached hydrogens (primary N) is 2. The average molecular weight is 344 g/mol. The number of carbonyl (C=O) groups excluding carboxylic acids is 1. The first-order chi connectivity index (χ1) is 8.97. The van der Waals surface area contributed by atoms with Crippen molar-refractivity contribution < 1.29 is 9.18 Å². The van der Waals surface area contributed by atoms with E-state index in [-0.39, 0.29) is 16.9 Å². The van der Waals surface area contributed by atoms with Crippen molar-refractivity contribution in [2.24, 2.45) is 5.73 Å². The SMILES string of the molecule is NC(=O)c1cc(NCc2ccc(Br)s2)c(F)cc1N. The molecule has 0 fully saturated rings. The van der Waals surface area contributed by atoms with Crippen molar-refractivity contribution in [1.29, 1.82) is 0 Å². The summed E-state index contributed by atoms with van der Waals surface area (Å²) in [6.07, 6.45) is 0. The lowest BCUT2D eigenvalue weighted by Gasteiger charge is -2.09. The number of hydrogen-bond acceptors (Lipinski definition) is 4. The highest BCUT2D eigenvalue weighted by Crippen LogP contribution is 2.25. The number of benzene rings is 1. The monoisotopic (exact) mass is 343 g/mol. The number of anilines is 2. The van der Waals surface area contributed by atoms with Crippen LogP contribution in [0.25, 0.3) is 0 Å². The van der Waals surface area contributed by atoms with Crippen molar-refractivity contribution in [1.82, 2.24) is 0 Å². The van der Waals surface area contributed by atoms with E-state index in [4.69, 9.17) is 11.5 Å². The number of halogens is 2. The van der Waals surface area contributed by atoms with E-state index < -0.39 is 11.7 Å². The average Bonchev–Trinajstić information content (AvgIpc) is 2.73. The van der Waals surface area contributed by atoms with Crippen molar-refractivity contribution in [3.8, 4) is 0 Å². The van der Waals surface area contributed by atoms with Crippen LogP contribution in [0.4, 0.5) is 15.8 Å². The Bertz CT molecular complexity index is 629. The van der Waals surface area contributed by atoms with Crippen LogP contribution in [-0.4, -0.2) is 5.91 Å². The number of rotatable bonds is 4. The molecule has 1 heterocycles. The molecule has 1 aromatic heterocycles. The highest BCUT2D eigenvalue weighted by Gasteiger charge is 2.11. The second kappa shape index (κ2) is 5.58. The molecule has 0 aliphatic heterocycles. The predicted molar refractivity (Wildman–Crippen MR) is 78.7 cm³/mol. The molecule has 2 rings (SSSR count). The van der Waals surface area contributed by atoms with Crippen LogP contribution in [0.15, 0.2) is 28.1 Å². The molecule has 1 aromatic carbocycles. The van der Waals surface area contributed by atoms with Gasteiger partial charge in [0, 0.05) is 17.1 Å². The number of thiophene rings is 1. The van der Waals surface area contributed by atoms with Gasteiger partial charge in [0.25, 0.3) is 5.91 Å². The van der Waals surface area contributed by atoms with Crippen LogP contribution in [0.1, 0.15) is 15.2 Å². The Morgan fingerprint density at radius 2 is 2.16 bits per heavy atom. The van der Waals surface area contributed by atoms with Gasteiger partial charge in [-0.2, -0.15) is 0 Å². The third kappa shape index (κ3) is 3.24. The van der Waals surface area contributed by atoms with Gasteiger partial charge in [-0.3, -0.25) is 4.79 Å². The molecule has 0 unspecified atom stereocenters. The highest BCUT2D eigenvalue weighted by atomic mass is 79.9. The van der Waals surface area contributed by atoms with Crippen LogP contribution < -0.4 is 16.8 Å². The Hall–Kier alpha value is -1.60. The Kier molecular flexibility index (Phi) is 4.06. The third-order valence-corrected chi connectivity index (χ3v) is 4.11. The van der Waals surface area contributed by atoms with Crippen LogP contribution in [0.5, 0.6) is 0 Å². The molecule has 0 radical (unpaired) electrons. The summed E-state index contributed by atoms with van der Waals surface area (Å²) in [4.78, 5) is 12.2. The lowest BCUT2D eigenvalue weighted by Crippen LogP contribution is -2.14. The van der Waals surface area contributed by atoms with Crippen molar-refractivity contribution in [3.63, 3.8) is 0 Å². The van der Waals surface area contributed by atoms with Gasteiger partial charge in [-0.25, -0.2) is 4.39 Å². The van der Waals surface area contributed by atoms with Gasteiger partial charge in [0.15, 0.2) is 0 Å². The van der Waals surface area contributed by atoms with Crippen molar-refractivity contribution in [2.45, 2.75) is 6.54 Å². The number of hydrogen-bond donors (Lipinski definition) is 3.